The van der Waals surface area contributed by atoms with Crippen LogP contribution in [0.15, 0.2) is 40.9 Å². The maximum Gasteiger partial charge on any atom is 0.513 e. The van der Waals surface area contributed by atoms with Crippen LogP contribution in [-0.2, 0) is 13.0 Å². The Kier molecular flexibility index (Phi) is 4.08. The molecule has 0 aliphatic carbocycles. The van der Waals surface area contributed by atoms with E-state index in [1.807, 2.05) is 12.1 Å². The highest BCUT2D eigenvalue weighted by molar-refractivity contribution is 9.10. The molecule has 0 radical (unpaired) electrons. The first-order chi connectivity index (χ1) is 10.4. The summed E-state index contributed by atoms with van der Waals surface area (Å²) in [4.78, 5) is 0. The van der Waals surface area contributed by atoms with Crippen LogP contribution in [0.3, 0.4) is 0 Å². The molecule has 0 bridgehead atoms. The van der Waals surface area contributed by atoms with E-state index in [4.69, 9.17) is 9.47 Å². The average molecular weight is 372 g/mol. The van der Waals surface area contributed by atoms with Gasteiger partial charge in [-0.3, -0.25) is 0 Å². The Hall–Kier alpha value is -1.63. The molecule has 0 fully saturated rings. The van der Waals surface area contributed by atoms with Gasteiger partial charge in [0.15, 0.2) is 0 Å². The molecule has 0 unspecified atom stereocenters. The van der Waals surface area contributed by atoms with Gasteiger partial charge in [-0.25, -0.2) is 0 Å². The van der Waals surface area contributed by atoms with Gasteiger partial charge in [-0.15, -0.1) is 0 Å². The van der Waals surface area contributed by atoms with Gasteiger partial charge in [-0.05, 0) is 23.8 Å². The molecular formula is C15H12BBrF3O2-. The van der Waals surface area contributed by atoms with Crippen LogP contribution < -0.4 is 14.9 Å². The fourth-order valence-electron chi connectivity index (χ4n) is 2.49. The summed E-state index contributed by atoms with van der Waals surface area (Å²) in [7, 11) is 0. The summed E-state index contributed by atoms with van der Waals surface area (Å²) < 4.78 is 50.9. The summed E-state index contributed by atoms with van der Waals surface area (Å²) in [5.74, 6) is 0.569. The zero-order valence-electron chi connectivity index (χ0n) is 11.5. The molecule has 1 heterocycles. The average Bonchev–Trinajstić information content (AvgIpc) is 2.92. The Morgan fingerprint density at radius 3 is 2.73 bits per heavy atom. The van der Waals surface area contributed by atoms with Crippen molar-refractivity contribution in [1.29, 1.82) is 0 Å². The number of fused-ring (bicyclic) bond motifs is 1. The molecule has 0 atom stereocenters. The Morgan fingerprint density at radius 2 is 1.95 bits per heavy atom. The molecule has 0 N–H and O–H groups in total. The Morgan fingerprint density at radius 1 is 1.18 bits per heavy atom. The lowest BCUT2D eigenvalue weighted by molar-refractivity contribution is 0.292. The van der Waals surface area contributed by atoms with Crippen molar-refractivity contribution in [1.82, 2.24) is 0 Å². The van der Waals surface area contributed by atoms with Crippen molar-refractivity contribution in [3.63, 3.8) is 0 Å². The number of hydrogen-bond acceptors (Lipinski definition) is 2. The van der Waals surface area contributed by atoms with Crippen molar-refractivity contribution < 1.29 is 22.4 Å². The molecule has 1 aliphatic rings. The van der Waals surface area contributed by atoms with E-state index in [0.717, 1.165) is 33.8 Å². The predicted octanol–water partition coefficient (Wildman–Crippen LogP) is 4.02. The SMILES string of the molecule is F[B-](F)(F)c1ccccc1OCc1cc(Br)cc2c1OCC2. The molecule has 0 aromatic heterocycles. The third-order valence-corrected chi connectivity index (χ3v) is 3.94. The van der Waals surface area contributed by atoms with E-state index in [0.29, 0.717) is 6.61 Å². The zero-order chi connectivity index (χ0) is 15.7. The molecule has 0 saturated carbocycles. The highest BCUT2D eigenvalue weighted by Gasteiger charge is 2.29. The second-order valence-corrected chi connectivity index (χ2v) is 5.97. The first-order valence-electron chi connectivity index (χ1n) is 6.81. The van der Waals surface area contributed by atoms with E-state index in [1.165, 1.54) is 18.2 Å². The molecular weight excluding hydrogens is 360 g/mol. The molecule has 2 aromatic carbocycles. The molecule has 7 heteroatoms. The van der Waals surface area contributed by atoms with E-state index in [1.54, 1.807) is 0 Å². The number of hydrogen-bond donors (Lipinski definition) is 0. The smallest absolute Gasteiger partial charge is 0.493 e. The first kappa shape index (κ1) is 15.3. The van der Waals surface area contributed by atoms with Gasteiger partial charge >= 0.3 is 6.98 Å². The predicted molar refractivity (Wildman–Crippen MR) is 82.8 cm³/mol. The van der Waals surface area contributed by atoms with Crippen molar-refractivity contribution >= 4 is 28.4 Å². The second kappa shape index (κ2) is 5.87. The van der Waals surface area contributed by atoms with E-state index < -0.39 is 12.4 Å². The normalized spacial score (nSPS) is 13.6. The Labute approximate surface area is 134 Å². The maximum absolute atomic E-state index is 13.0. The van der Waals surface area contributed by atoms with Crippen LogP contribution in [-0.4, -0.2) is 13.6 Å². The van der Waals surface area contributed by atoms with Crippen molar-refractivity contribution in [2.75, 3.05) is 6.61 Å². The van der Waals surface area contributed by atoms with E-state index in [9.17, 15) is 12.9 Å². The Balaban J connectivity index is 1.85. The van der Waals surface area contributed by atoms with E-state index in [-0.39, 0.29) is 12.4 Å². The zero-order valence-corrected chi connectivity index (χ0v) is 13.1. The quantitative estimate of drug-likeness (QED) is 0.756. The number of ether oxygens (including phenoxy) is 2. The molecule has 116 valence electrons. The van der Waals surface area contributed by atoms with Gasteiger partial charge in [0, 0.05) is 16.5 Å². The number of benzene rings is 2. The third kappa shape index (κ3) is 3.09. The van der Waals surface area contributed by atoms with E-state index in [2.05, 4.69) is 15.9 Å². The molecule has 22 heavy (non-hydrogen) atoms. The topological polar surface area (TPSA) is 18.5 Å². The lowest BCUT2D eigenvalue weighted by Crippen LogP contribution is -2.35. The van der Waals surface area contributed by atoms with Crippen molar-refractivity contribution in [2.24, 2.45) is 0 Å². The highest BCUT2D eigenvalue weighted by atomic mass is 79.9. The summed E-state index contributed by atoms with van der Waals surface area (Å²) in [6, 6.07) is 9.03. The summed E-state index contributed by atoms with van der Waals surface area (Å²) in [6.45, 7) is -4.48. The van der Waals surface area contributed by atoms with Gasteiger partial charge in [-0.1, -0.05) is 39.6 Å². The first-order valence-corrected chi connectivity index (χ1v) is 7.60. The van der Waals surface area contributed by atoms with Crippen molar-refractivity contribution in [3.05, 3.63) is 52.0 Å². The fraction of sp³-hybridized carbons (Fsp3) is 0.200. The number of halogens is 4. The van der Waals surface area contributed by atoms with Gasteiger partial charge in [0.2, 0.25) is 0 Å². The van der Waals surface area contributed by atoms with Crippen LogP contribution in [0.2, 0.25) is 0 Å². The van der Waals surface area contributed by atoms with Gasteiger partial charge in [-0.2, -0.15) is 0 Å². The second-order valence-electron chi connectivity index (χ2n) is 5.05. The molecule has 0 spiro atoms. The van der Waals surface area contributed by atoms with E-state index >= 15 is 0 Å². The minimum atomic E-state index is -5.10. The lowest BCUT2D eigenvalue weighted by Gasteiger charge is -2.20. The minimum Gasteiger partial charge on any atom is -0.493 e. The maximum atomic E-state index is 13.0. The standard InChI is InChI=1S/C15H12BBrF3O2/c17-12-7-10-5-6-21-15(10)11(8-12)9-22-14-4-2-1-3-13(14)16(18,19)20/h1-4,7-8H,5-6,9H2/q-1. The molecule has 0 amide bonds. The molecule has 2 aromatic rings. The van der Waals surface area contributed by atoms with Crippen LogP contribution in [0, 0.1) is 0 Å². The van der Waals surface area contributed by atoms with Gasteiger partial charge < -0.3 is 22.4 Å². The van der Waals surface area contributed by atoms with Gasteiger partial charge in [0.05, 0.1) is 12.4 Å². The number of rotatable bonds is 4. The van der Waals surface area contributed by atoms with Crippen molar-refractivity contribution in [3.8, 4) is 11.5 Å². The summed E-state index contributed by atoms with van der Waals surface area (Å²) in [6.07, 6.45) is 0.796. The summed E-state index contributed by atoms with van der Waals surface area (Å²) in [5, 5.41) is 0. The third-order valence-electron chi connectivity index (χ3n) is 3.48. The van der Waals surface area contributed by atoms with Crippen LogP contribution in [0.25, 0.3) is 0 Å². The molecule has 1 aliphatic heterocycles. The van der Waals surface area contributed by atoms with Gasteiger partial charge in [0.25, 0.3) is 0 Å². The van der Waals surface area contributed by atoms with Crippen LogP contribution in [0.4, 0.5) is 12.9 Å². The summed E-state index contributed by atoms with van der Waals surface area (Å²) in [5.41, 5.74) is 1.07. The molecule has 0 saturated heterocycles. The van der Waals surface area contributed by atoms with Crippen molar-refractivity contribution in [2.45, 2.75) is 13.0 Å². The minimum absolute atomic E-state index is 0.0327. The molecule has 2 nitrogen and oxygen atoms in total. The lowest BCUT2D eigenvalue weighted by atomic mass is 9.79. The van der Waals surface area contributed by atoms with Crippen LogP contribution in [0.1, 0.15) is 11.1 Å². The molecule has 3 rings (SSSR count). The van der Waals surface area contributed by atoms with Crippen LogP contribution >= 0.6 is 15.9 Å². The monoisotopic (exact) mass is 371 g/mol. The van der Waals surface area contributed by atoms with Crippen LogP contribution in [0.5, 0.6) is 11.5 Å². The number of para-hydroxylation sites is 1. The largest absolute Gasteiger partial charge is 0.513 e. The highest BCUT2D eigenvalue weighted by Crippen LogP contribution is 2.33. The fourth-order valence-corrected chi connectivity index (χ4v) is 3.04. The summed E-state index contributed by atoms with van der Waals surface area (Å²) >= 11 is 3.40. The Bertz CT molecular complexity index is 704. The van der Waals surface area contributed by atoms with Gasteiger partial charge in [0.1, 0.15) is 12.4 Å².